The number of aryl methyl sites for hydroxylation is 1. The van der Waals surface area contributed by atoms with E-state index in [2.05, 4.69) is 4.98 Å². The van der Waals surface area contributed by atoms with Gasteiger partial charge in [-0.25, -0.2) is 4.98 Å². The number of carbonyl (C=O) groups excluding carboxylic acids is 2. The van der Waals surface area contributed by atoms with Crippen LogP contribution in [-0.4, -0.2) is 41.5 Å². The second kappa shape index (κ2) is 8.17. The lowest BCUT2D eigenvalue weighted by molar-refractivity contribution is -0.151. The minimum absolute atomic E-state index is 0.0170. The molecule has 2 aromatic rings. The van der Waals surface area contributed by atoms with Crippen molar-refractivity contribution in [3.63, 3.8) is 0 Å². The Morgan fingerprint density at radius 3 is 2.58 bits per heavy atom. The van der Waals surface area contributed by atoms with Crippen LogP contribution in [0.1, 0.15) is 31.2 Å². The summed E-state index contributed by atoms with van der Waals surface area (Å²) in [6.45, 7) is 5.18. The lowest BCUT2D eigenvalue weighted by Crippen LogP contribution is -2.41. The molecule has 1 aromatic heterocycles. The van der Waals surface area contributed by atoms with Gasteiger partial charge < -0.3 is 14.1 Å². The van der Waals surface area contributed by atoms with Crippen LogP contribution < -0.4 is 0 Å². The number of ether oxygens (including phenoxy) is 1. The van der Waals surface area contributed by atoms with Gasteiger partial charge in [0, 0.05) is 18.7 Å². The smallest absolute Gasteiger partial charge is 0.309 e. The van der Waals surface area contributed by atoms with Crippen molar-refractivity contribution in [3.05, 3.63) is 41.8 Å². The van der Waals surface area contributed by atoms with Gasteiger partial charge in [0.1, 0.15) is 5.76 Å². The highest BCUT2D eigenvalue weighted by Gasteiger charge is 2.28. The zero-order valence-electron chi connectivity index (χ0n) is 15.2. The summed E-state index contributed by atoms with van der Waals surface area (Å²) in [6.07, 6.45) is 1.52. The van der Waals surface area contributed by atoms with E-state index < -0.39 is 0 Å². The van der Waals surface area contributed by atoms with Crippen molar-refractivity contribution in [2.24, 2.45) is 5.92 Å². The molecule has 1 aliphatic heterocycles. The summed E-state index contributed by atoms with van der Waals surface area (Å²) >= 11 is 0. The zero-order valence-corrected chi connectivity index (χ0v) is 15.2. The Morgan fingerprint density at radius 1 is 1.23 bits per heavy atom. The second-order valence-electron chi connectivity index (χ2n) is 6.47. The summed E-state index contributed by atoms with van der Waals surface area (Å²) in [5.74, 6) is 0.964. The molecule has 1 aromatic carbocycles. The van der Waals surface area contributed by atoms with Crippen molar-refractivity contribution < 1.29 is 18.7 Å². The molecule has 0 radical (unpaired) electrons. The van der Waals surface area contributed by atoms with Gasteiger partial charge in [-0.2, -0.15) is 0 Å². The standard InChI is InChI=1S/C20H24N2O4/c1-3-25-20(24)16-9-11-22(12-10-16)18(23)13-17-14(2)26-19(21-17)15-7-5-4-6-8-15/h4-8,16H,3,9-13H2,1-2H3. The molecule has 3 rings (SSSR count). The van der Waals surface area contributed by atoms with Gasteiger partial charge in [-0.15, -0.1) is 0 Å². The Morgan fingerprint density at radius 2 is 1.92 bits per heavy atom. The maximum Gasteiger partial charge on any atom is 0.309 e. The highest BCUT2D eigenvalue weighted by molar-refractivity contribution is 5.79. The van der Waals surface area contributed by atoms with Gasteiger partial charge in [-0.1, -0.05) is 18.2 Å². The van der Waals surface area contributed by atoms with Crippen molar-refractivity contribution >= 4 is 11.9 Å². The van der Waals surface area contributed by atoms with Gasteiger partial charge in [0.25, 0.3) is 0 Å². The first kappa shape index (κ1) is 18.2. The number of amides is 1. The number of rotatable bonds is 5. The molecular weight excluding hydrogens is 332 g/mol. The Balaban J connectivity index is 1.59. The van der Waals surface area contributed by atoms with Crippen LogP contribution in [0.4, 0.5) is 0 Å². The molecule has 0 aliphatic carbocycles. The van der Waals surface area contributed by atoms with Gasteiger partial charge in [-0.3, -0.25) is 9.59 Å². The molecule has 0 atom stereocenters. The number of likely N-dealkylation sites (tertiary alicyclic amines) is 1. The number of aromatic nitrogens is 1. The Kier molecular flexibility index (Phi) is 5.71. The first-order chi connectivity index (χ1) is 12.6. The highest BCUT2D eigenvalue weighted by atomic mass is 16.5. The molecule has 0 saturated carbocycles. The third-order valence-electron chi connectivity index (χ3n) is 4.70. The molecule has 6 heteroatoms. The number of hydrogen-bond donors (Lipinski definition) is 0. The maximum absolute atomic E-state index is 12.6. The summed E-state index contributed by atoms with van der Waals surface area (Å²) in [6, 6.07) is 9.64. The van der Waals surface area contributed by atoms with Crippen LogP contribution in [0.3, 0.4) is 0 Å². The molecule has 1 fully saturated rings. The number of benzene rings is 1. The molecule has 0 N–H and O–H groups in total. The molecule has 26 heavy (non-hydrogen) atoms. The zero-order chi connectivity index (χ0) is 18.5. The van der Waals surface area contributed by atoms with Crippen LogP contribution in [0.2, 0.25) is 0 Å². The van der Waals surface area contributed by atoms with Crippen molar-refractivity contribution in [1.82, 2.24) is 9.88 Å². The fourth-order valence-corrected chi connectivity index (χ4v) is 3.18. The minimum Gasteiger partial charge on any atom is -0.466 e. The topological polar surface area (TPSA) is 72.6 Å². The van der Waals surface area contributed by atoms with Crippen LogP contribution in [0.25, 0.3) is 11.5 Å². The molecule has 1 aliphatic rings. The van der Waals surface area contributed by atoms with E-state index in [1.807, 2.05) is 37.3 Å². The summed E-state index contributed by atoms with van der Waals surface area (Å²) in [5.41, 5.74) is 1.56. The lowest BCUT2D eigenvalue weighted by Gasteiger charge is -2.30. The minimum atomic E-state index is -0.153. The molecule has 0 unspecified atom stereocenters. The van der Waals surface area contributed by atoms with Gasteiger partial charge in [-0.05, 0) is 38.8 Å². The van der Waals surface area contributed by atoms with Gasteiger partial charge in [0.05, 0.1) is 24.6 Å². The first-order valence-electron chi connectivity index (χ1n) is 9.04. The van der Waals surface area contributed by atoms with Gasteiger partial charge >= 0.3 is 5.97 Å². The van der Waals surface area contributed by atoms with E-state index in [0.717, 1.165) is 5.56 Å². The van der Waals surface area contributed by atoms with E-state index in [4.69, 9.17) is 9.15 Å². The number of esters is 1. The van der Waals surface area contributed by atoms with Crippen LogP contribution in [0.15, 0.2) is 34.7 Å². The number of oxazole rings is 1. The molecule has 138 valence electrons. The van der Waals surface area contributed by atoms with E-state index in [-0.39, 0.29) is 24.2 Å². The van der Waals surface area contributed by atoms with Crippen molar-refractivity contribution in [3.8, 4) is 11.5 Å². The SMILES string of the molecule is CCOC(=O)C1CCN(C(=O)Cc2nc(-c3ccccc3)oc2C)CC1. The molecular formula is C20H24N2O4. The maximum atomic E-state index is 12.6. The predicted octanol–water partition coefficient (Wildman–Crippen LogP) is 2.99. The number of piperidine rings is 1. The number of hydrogen-bond acceptors (Lipinski definition) is 5. The average molecular weight is 356 g/mol. The molecule has 2 heterocycles. The van der Waals surface area contributed by atoms with Crippen molar-refractivity contribution in [2.75, 3.05) is 19.7 Å². The largest absolute Gasteiger partial charge is 0.466 e. The van der Waals surface area contributed by atoms with Crippen LogP contribution in [0.5, 0.6) is 0 Å². The van der Waals surface area contributed by atoms with Gasteiger partial charge in [0.2, 0.25) is 11.8 Å². The molecule has 0 bridgehead atoms. The summed E-state index contributed by atoms with van der Waals surface area (Å²) < 4.78 is 10.8. The van der Waals surface area contributed by atoms with E-state index in [1.165, 1.54) is 0 Å². The molecule has 1 saturated heterocycles. The molecule has 0 spiro atoms. The Hall–Kier alpha value is -2.63. The van der Waals surface area contributed by atoms with Crippen LogP contribution in [0, 0.1) is 12.8 Å². The predicted molar refractivity (Wildman–Crippen MR) is 96.3 cm³/mol. The average Bonchev–Trinajstić information content (AvgIpc) is 3.03. The van der Waals surface area contributed by atoms with Crippen LogP contribution >= 0.6 is 0 Å². The summed E-state index contributed by atoms with van der Waals surface area (Å²) in [7, 11) is 0. The highest BCUT2D eigenvalue weighted by Crippen LogP contribution is 2.23. The summed E-state index contributed by atoms with van der Waals surface area (Å²) in [5, 5.41) is 0. The van der Waals surface area contributed by atoms with E-state index in [0.29, 0.717) is 49.9 Å². The molecule has 6 nitrogen and oxygen atoms in total. The first-order valence-corrected chi connectivity index (χ1v) is 9.04. The van der Waals surface area contributed by atoms with E-state index in [9.17, 15) is 9.59 Å². The summed E-state index contributed by atoms with van der Waals surface area (Å²) in [4.78, 5) is 30.7. The van der Waals surface area contributed by atoms with Crippen molar-refractivity contribution in [2.45, 2.75) is 33.1 Å². The van der Waals surface area contributed by atoms with Crippen LogP contribution in [-0.2, 0) is 20.7 Å². The number of carbonyl (C=O) groups is 2. The fourth-order valence-electron chi connectivity index (χ4n) is 3.18. The second-order valence-corrected chi connectivity index (χ2v) is 6.47. The Labute approximate surface area is 153 Å². The lowest BCUT2D eigenvalue weighted by atomic mass is 9.96. The van der Waals surface area contributed by atoms with Crippen molar-refractivity contribution in [1.29, 1.82) is 0 Å². The normalized spacial score (nSPS) is 15.1. The third kappa shape index (κ3) is 4.12. The Bertz CT molecular complexity index is 761. The van der Waals surface area contributed by atoms with E-state index in [1.54, 1.807) is 11.8 Å². The molecule has 1 amide bonds. The van der Waals surface area contributed by atoms with E-state index >= 15 is 0 Å². The number of nitrogens with zero attached hydrogens (tertiary/aromatic N) is 2. The van der Waals surface area contributed by atoms with Gasteiger partial charge in [0.15, 0.2) is 0 Å². The third-order valence-corrected chi connectivity index (χ3v) is 4.70. The quantitative estimate of drug-likeness (QED) is 0.770. The monoisotopic (exact) mass is 356 g/mol. The fraction of sp³-hybridized carbons (Fsp3) is 0.450.